The Morgan fingerprint density at radius 1 is 0.862 bits per heavy atom. The van der Waals surface area contributed by atoms with Gasteiger partial charge in [-0.05, 0) is 196 Å². The molecule has 0 unspecified atom stereocenters. The fraction of sp³-hybridized carbons (Fsp3) is 0.755. The van der Waals surface area contributed by atoms with Gasteiger partial charge in [-0.2, -0.15) is 0 Å². The van der Waals surface area contributed by atoms with Crippen molar-refractivity contribution in [3.8, 4) is 0 Å². The van der Waals surface area contributed by atoms with Crippen LogP contribution in [0.15, 0.2) is 65.8 Å². The van der Waals surface area contributed by atoms with Crippen LogP contribution in [-0.2, 0) is 16.1 Å². The zero-order chi connectivity index (χ0) is 41.4. The first kappa shape index (κ1) is 42.5. The molecule has 1 aromatic carbocycles. The predicted molar refractivity (Wildman–Crippen MR) is 235 cm³/mol. The number of carbonyl (C=O) groups is 1. The third-order valence-electron chi connectivity index (χ3n) is 19.8. The normalized spacial score (nSPS) is 44.4. The van der Waals surface area contributed by atoms with Crippen LogP contribution in [0.3, 0.4) is 0 Å². The van der Waals surface area contributed by atoms with Gasteiger partial charge in [0.15, 0.2) is 0 Å². The molecular weight excluding hydrogens is 718 g/mol. The number of carbonyl (C=O) groups excluding carboxylic acids is 1. The molecule has 320 valence electrons. The van der Waals surface area contributed by atoms with Gasteiger partial charge >= 0.3 is 5.97 Å². The summed E-state index contributed by atoms with van der Waals surface area (Å²) in [7, 11) is 0. The Balaban J connectivity index is 1.00. The molecule has 0 amide bonds. The van der Waals surface area contributed by atoms with E-state index in [1.807, 2.05) is 30.3 Å². The van der Waals surface area contributed by atoms with Crippen LogP contribution in [0.5, 0.6) is 0 Å². The minimum atomic E-state index is -1.09. The van der Waals surface area contributed by atoms with E-state index >= 15 is 0 Å². The van der Waals surface area contributed by atoms with Crippen LogP contribution in [0, 0.1) is 62.6 Å². The second kappa shape index (κ2) is 15.3. The van der Waals surface area contributed by atoms with E-state index in [0.717, 1.165) is 63.0 Å². The van der Waals surface area contributed by atoms with Gasteiger partial charge in [0.25, 0.3) is 0 Å². The molecule has 4 nitrogen and oxygen atoms in total. The molecule has 0 spiro atoms. The summed E-state index contributed by atoms with van der Waals surface area (Å²) in [5.41, 5.74) is 4.47. The van der Waals surface area contributed by atoms with E-state index in [0.29, 0.717) is 42.4 Å². The number of hydrogen-bond donors (Lipinski definition) is 2. The van der Waals surface area contributed by atoms with Crippen LogP contribution in [0.4, 0.5) is 4.39 Å². The van der Waals surface area contributed by atoms with Gasteiger partial charge in [0.05, 0.1) is 11.0 Å². The highest BCUT2D eigenvalue weighted by Crippen LogP contribution is 2.76. The average molecular weight is 796 g/mol. The summed E-state index contributed by atoms with van der Waals surface area (Å²) in [6.45, 7) is 22.9. The second-order valence-corrected chi connectivity index (χ2v) is 22.9. The van der Waals surface area contributed by atoms with E-state index < -0.39 is 23.7 Å². The summed E-state index contributed by atoms with van der Waals surface area (Å²) in [6.07, 6.45) is 22.8. The highest BCUT2D eigenvalue weighted by molar-refractivity contribution is 5.78. The molecule has 5 heteroatoms. The van der Waals surface area contributed by atoms with Crippen LogP contribution in [0.1, 0.15) is 163 Å². The number of esters is 1. The van der Waals surface area contributed by atoms with Crippen molar-refractivity contribution in [1.82, 2.24) is 5.32 Å². The number of hydrogen-bond acceptors (Lipinski definition) is 4. The van der Waals surface area contributed by atoms with E-state index in [1.54, 1.807) is 0 Å². The van der Waals surface area contributed by atoms with Crippen molar-refractivity contribution >= 4 is 5.97 Å². The maximum Gasteiger partial charge on any atom is 0.315 e. The lowest BCUT2D eigenvalue weighted by Crippen LogP contribution is -2.68. The highest BCUT2D eigenvalue weighted by Gasteiger charge is 2.70. The van der Waals surface area contributed by atoms with Crippen LogP contribution < -0.4 is 5.32 Å². The third-order valence-corrected chi connectivity index (χ3v) is 19.8. The molecule has 0 aromatic heterocycles. The summed E-state index contributed by atoms with van der Waals surface area (Å²) in [6, 6.07) is 9.71. The molecule has 0 saturated heterocycles. The Morgan fingerprint density at radius 2 is 1.60 bits per heavy atom. The van der Waals surface area contributed by atoms with E-state index in [9.17, 15) is 14.3 Å². The largest absolute Gasteiger partial charge is 0.460 e. The van der Waals surface area contributed by atoms with Gasteiger partial charge in [0.2, 0.25) is 0 Å². The van der Waals surface area contributed by atoms with Gasteiger partial charge in [-0.1, -0.05) is 96.2 Å². The average Bonchev–Trinajstić information content (AvgIpc) is 3.59. The molecule has 1 aromatic rings. The molecule has 8 rings (SSSR count). The Labute approximate surface area is 351 Å². The molecule has 7 aliphatic carbocycles. The molecule has 0 bridgehead atoms. The summed E-state index contributed by atoms with van der Waals surface area (Å²) in [5, 5.41) is 15.8. The molecule has 0 aliphatic heterocycles. The molecule has 5 saturated carbocycles. The molecule has 58 heavy (non-hydrogen) atoms. The monoisotopic (exact) mass is 796 g/mol. The number of allylic oxidation sites excluding steroid dienone is 5. The SMILES string of the molecule is C=C(C)[C@@H]1CC[C@]2(NCCC3(O)CCC(C)CC3)CC[C@]3(C)[C@H](CC[C@@H]4[C@@]5(C)CC=C(C6=CC[C@@](CF)(C(=O)OCc7ccccc7)CC6)C(C)(C)[C@@H]5CC[C@]43C)[C@@H]12. The first-order valence-corrected chi connectivity index (χ1v) is 23.8. The minimum absolute atomic E-state index is 0.00400. The third kappa shape index (κ3) is 6.76. The van der Waals surface area contributed by atoms with Gasteiger partial charge in [-0.15, -0.1) is 0 Å². The lowest BCUT2D eigenvalue weighted by molar-refractivity contribution is -0.221. The molecule has 2 N–H and O–H groups in total. The fourth-order valence-corrected chi connectivity index (χ4v) is 16.1. The Bertz CT molecular complexity index is 1770. The number of benzene rings is 1. The fourth-order valence-electron chi connectivity index (χ4n) is 16.1. The summed E-state index contributed by atoms with van der Waals surface area (Å²) in [5.74, 6) is 3.47. The molecule has 0 radical (unpaired) electrons. The lowest BCUT2D eigenvalue weighted by atomic mass is 9.33. The number of alkyl halides is 1. The maximum atomic E-state index is 14.8. The number of fused-ring (bicyclic) bond motifs is 7. The van der Waals surface area contributed by atoms with Gasteiger partial charge in [-0.25, -0.2) is 4.39 Å². The van der Waals surface area contributed by atoms with Crippen LogP contribution in [0.25, 0.3) is 0 Å². The number of nitrogens with one attached hydrogen (secondary N) is 1. The van der Waals surface area contributed by atoms with Crippen molar-refractivity contribution < 1.29 is 19.0 Å². The zero-order valence-corrected chi connectivity index (χ0v) is 37.5. The molecule has 5 fully saturated rings. The van der Waals surface area contributed by atoms with Crippen LogP contribution in [-0.4, -0.2) is 35.4 Å². The van der Waals surface area contributed by atoms with Crippen molar-refractivity contribution in [3.05, 3.63) is 71.3 Å². The maximum absolute atomic E-state index is 14.8. The van der Waals surface area contributed by atoms with Crippen molar-refractivity contribution in [3.63, 3.8) is 0 Å². The van der Waals surface area contributed by atoms with Crippen molar-refractivity contribution in [2.45, 2.75) is 175 Å². The standard InChI is InChI=1S/C53H78FNO3/c1-36(2)40-20-29-53(55-33-32-52(57)27-16-37(3)17-28-52)31-30-49(7)42(45(40)53)14-15-44-48(6)23-21-41(47(4,5)43(48)22-24-50(44,49)8)39-18-25-51(35-54,26-19-39)46(56)58-34-38-12-10-9-11-13-38/h9-13,18,21,37,40,42-45,55,57H,1,14-17,19-20,22-35H2,2-8H3/t37?,40-,42+,43-,44+,45+,48-,49+,50+,51+,52?,53-/m0/s1. The van der Waals surface area contributed by atoms with Crippen LogP contribution >= 0.6 is 0 Å². The quantitative estimate of drug-likeness (QED) is 0.183. The number of aliphatic hydroxyl groups is 1. The molecular formula is C53H78FNO3. The van der Waals surface area contributed by atoms with Crippen molar-refractivity contribution in [2.75, 3.05) is 13.2 Å². The minimum Gasteiger partial charge on any atom is -0.460 e. The molecule has 7 aliphatic rings. The van der Waals surface area contributed by atoms with E-state index in [4.69, 9.17) is 4.74 Å². The van der Waals surface area contributed by atoms with E-state index in [1.165, 1.54) is 68.1 Å². The summed E-state index contributed by atoms with van der Waals surface area (Å²) >= 11 is 0. The smallest absolute Gasteiger partial charge is 0.315 e. The molecule has 10 atom stereocenters. The van der Waals surface area contributed by atoms with E-state index in [2.05, 4.69) is 72.5 Å². The van der Waals surface area contributed by atoms with E-state index in [-0.39, 0.29) is 33.8 Å². The van der Waals surface area contributed by atoms with Gasteiger partial charge in [0, 0.05) is 5.54 Å². The predicted octanol–water partition coefficient (Wildman–Crippen LogP) is 12.7. The zero-order valence-electron chi connectivity index (χ0n) is 37.5. The van der Waals surface area contributed by atoms with Gasteiger partial charge in [0.1, 0.15) is 13.3 Å². The van der Waals surface area contributed by atoms with Crippen molar-refractivity contribution in [2.24, 2.45) is 62.6 Å². The number of rotatable bonds is 10. The van der Waals surface area contributed by atoms with Gasteiger partial charge < -0.3 is 15.2 Å². The number of halogens is 1. The lowest BCUT2D eigenvalue weighted by Gasteiger charge is -2.72. The Morgan fingerprint density at radius 3 is 2.28 bits per heavy atom. The Kier molecular flexibility index (Phi) is 11.2. The summed E-state index contributed by atoms with van der Waals surface area (Å²) < 4.78 is 20.5. The second-order valence-electron chi connectivity index (χ2n) is 22.9. The number of ether oxygens (including phenoxy) is 1. The van der Waals surface area contributed by atoms with Crippen molar-refractivity contribution in [1.29, 1.82) is 0 Å². The Hall–Kier alpha value is -2.24. The molecule has 0 heterocycles. The first-order valence-electron chi connectivity index (χ1n) is 23.8. The van der Waals surface area contributed by atoms with Crippen LogP contribution in [0.2, 0.25) is 0 Å². The highest BCUT2D eigenvalue weighted by atomic mass is 19.1. The first-order chi connectivity index (χ1) is 27.5. The van der Waals surface area contributed by atoms with Gasteiger partial charge in [-0.3, -0.25) is 4.79 Å². The summed E-state index contributed by atoms with van der Waals surface area (Å²) in [4.78, 5) is 13.4. The topological polar surface area (TPSA) is 58.6 Å².